The second kappa shape index (κ2) is 6.00. The number of hydrogen-bond donors (Lipinski definition) is 0. The predicted molar refractivity (Wildman–Crippen MR) is 102 cm³/mol. The Labute approximate surface area is 148 Å². The normalized spacial score (nSPS) is 45.2. The van der Waals surface area contributed by atoms with Crippen LogP contribution >= 0.6 is 0 Å². The maximum absolute atomic E-state index is 12.9. The van der Waals surface area contributed by atoms with Gasteiger partial charge in [0, 0.05) is 5.41 Å². The van der Waals surface area contributed by atoms with Gasteiger partial charge in [0.1, 0.15) is 0 Å². The van der Waals surface area contributed by atoms with Crippen LogP contribution < -0.4 is 0 Å². The molecule has 0 amide bonds. The third-order valence-corrected chi connectivity index (χ3v) is 7.71. The molecule has 132 valence electrons. The molecule has 0 radical (unpaired) electrons. The zero-order chi connectivity index (χ0) is 17.6. The number of carbonyl (C=O) groups is 1. The zero-order valence-corrected chi connectivity index (χ0v) is 16.0. The van der Waals surface area contributed by atoms with E-state index in [9.17, 15) is 4.79 Å². The monoisotopic (exact) mass is 326 g/mol. The minimum atomic E-state index is -0.176. The Hall–Kier alpha value is -1.11. The van der Waals surface area contributed by atoms with Crippen LogP contribution in [0.15, 0.2) is 36.5 Å². The largest absolute Gasteiger partial charge is 0.294 e. The summed E-state index contributed by atoms with van der Waals surface area (Å²) in [5.41, 5.74) is 1.98. The maximum Gasteiger partial charge on any atom is 0.161 e. The van der Waals surface area contributed by atoms with Crippen LogP contribution in [0.1, 0.15) is 72.6 Å². The first-order valence-corrected chi connectivity index (χ1v) is 9.80. The molecule has 0 aromatic heterocycles. The summed E-state index contributed by atoms with van der Waals surface area (Å²) < 4.78 is 0. The van der Waals surface area contributed by atoms with Gasteiger partial charge in [0.2, 0.25) is 0 Å². The fraction of sp³-hybridized carbons (Fsp3) is 0.696. The van der Waals surface area contributed by atoms with E-state index in [1.165, 1.54) is 32.1 Å². The Morgan fingerprint density at radius 3 is 2.67 bits per heavy atom. The van der Waals surface area contributed by atoms with E-state index >= 15 is 0 Å². The molecule has 0 N–H and O–H groups in total. The molecule has 5 unspecified atom stereocenters. The second-order valence-corrected chi connectivity index (χ2v) is 9.31. The molecule has 0 spiro atoms. The van der Waals surface area contributed by atoms with Crippen molar-refractivity contribution in [3.05, 3.63) is 36.5 Å². The highest BCUT2D eigenvalue weighted by molar-refractivity contribution is 5.95. The van der Waals surface area contributed by atoms with Gasteiger partial charge < -0.3 is 0 Å². The first-order valence-electron chi connectivity index (χ1n) is 9.80. The number of hydrogen-bond acceptors (Lipinski definition) is 1. The molecule has 3 aliphatic rings. The van der Waals surface area contributed by atoms with Gasteiger partial charge in [-0.1, -0.05) is 51.0 Å². The van der Waals surface area contributed by atoms with Crippen molar-refractivity contribution in [3.8, 4) is 0 Å². The Kier molecular flexibility index (Phi) is 4.43. The molecule has 0 bridgehead atoms. The molecule has 5 atom stereocenters. The van der Waals surface area contributed by atoms with Crippen molar-refractivity contribution in [3.63, 3.8) is 0 Å². The second-order valence-electron chi connectivity index (χ2n) is 9.31. The van der Waals surface area contributed by atoms with E-state index in [1.807, 2.05) is 19.1 Å². The van der Waals surface area contributed by atoms with E-state index in [4.69, 9.17) is 0 Å². The van der Waals surface area contributed by atoms with Gasteiger partial charge in [0.05, 0.1) is 0 Å². The van der Waals surface area contributed by atoms with Gasteiger partial charge in [0.15, 0.2) is 5.78 Å². The quantitative estimate of drug-likeness (QED) is 0.441. The summed E-state index contributed by atoms with van der Waals surface area (Å²) in [5.74, 6) is 1.55. The fourth-order valence-corrected chi connectivity index (χ4v) is 6.25. The Bertz CT molecular complexity index is 597. The lowest BCUT2D eigenvalue weighted by Gasteiger charge is -2.58. The van der Waals surface area contributed by atoms with Crippen molar-refractivity contribution in [2.75, 3.05) is 0 Å². The van der Waals surface area contributed by atoms with Gasteiger partial charge in [-0.15, -0.1) is 6.58 Å². The summed E-state index contributed by atoms with van der Waals surface area (Å²) in [6, 6.07) is 0. The van der Waals surface area contributed by atoms with Crippen LogP contribution in [0.2, 0.25) is 0 Å². The molecule has 2 saturated carbocycles. The van der Waals surface area contributed by atoms with Crippen molar-refractivity contribution < 1.29 is 4.79 Å². The SMILES string of the molecule is C=CC1(C)CC=C2C(CCC3C(C)(C(=O)/C=C/C)CCCC23C)C1. The van der Waals surface area contributed by atoms with E-state index in [1.54, 1.807) is 5.57 Å². The van der Waals surface area contributed by atoms with Crippen LogP contribution in [0, 0.1) is 28.1 Å². The highest BCUT2D eigenvalue weighted by Crippen LogP contribution is 2.64. The molecule has 0 aromatic carbocycles. The molecule has 1 nitrogen and oxygen atoms in total. The van der Waals surface area contributed by atoms with E-state index in [0.29, 0.717) is 17.6 Å². The summed E-state index contributed by atoms with van der Waals surface area (Å²) in [5, 5.41) is 0. The van der Waals surface area contributed by atoms with Crippen molar-refractivity contribution in [1.29, 1.82) is 0 Å². The molecular formula is C23H34O. The predicted octanol–water partition coefficient (Wildman–Crippen LogP) is 6.27. The zero-order valence-electron chi connectivity index (χ0n) is 16.0. The topological polar surface area (TPSA) is 17.1 Å². The van der Waals surface area contributed by atoms with Crippen molar-refractivity contribution in [1.82, 2.24) is 0 Å². The van der Waals surface area contributed by atoms with Gasteiger partial charge in [-0.05, 0) is 74.2 Å². The van der Waals surface area contributed by atoms with E-state index in [2.05, 4.69) is 39.5 Å². The summed E-state index contributed by atoms with van der Waals surface area (Å²) in [7, 11) is 0. The van der Waals surface area contributed by atoms with Crippen LogP contribution in [-0.2, 0) is 4.79 Å². The van der Waals surface area contributed by atoms with E-state index in [-0.39, 0.29) is 16.2 Å². The molecule has 0 aliphatic heterocycles. The standard InChI is InChI=1S/C23H34O/c1-6-9-20(24)23(5)14-8-13-22(4)18-12-15-21(3,7-2)16-17(18)10-11-19(22)23/h6-7,9,12,17,19H,2,8,10-11,13-16H2,1,3-5H3/b9-6+. The lowest BCUT2D eigenvalue weighted by atomic mass is 9.45. The maximum atomic E-state index is 12.9. The number of ketones is 1. The molecule has 1 heteroatoms. The van der Waals surface area contributed by atoms with Gasteiger partial charge in [-0.2, -0.15) is 0 Å². The van der Waals surface area contributed by atoms with Crippen molar-refractivity contribution >= 4 is 5.78 Å². The first kappa shape index (κ1) is 17.7. The average molecular weight is 327 g/mol. The van der Waals surface area contributed by atoms with Crippen molar-refractivity contribution in [2.45, 2.75) is 72.6 Å². The van der Waals surface area contributed by atoms with Gasteiger partial charge in [0.25, 0.3) is 0 Å². The third kappa shape index (κ3) is 2.55. The molecule has 0 aromatic rings. The Morgan fingerprint density at radius 1 is 1.25 bits per heavy atom. The summed E-state index contributed by atoms with van der Waals surface area (Å²) >= 11 is 0. The number of carbonyl (C=O) groups excluding carboxylic acids is 1. The highest BCUT2D eigenvalue weighted by Gasteiger charge is 2.56. The van der Waals surface area contributed by atoms with Crippen LogP contribution in [0.3, 0.4) is 0 Å². The Morgan fingerprint density at radius 2 is 2.00 bits per heavy atom. The average Bonchev–Trinajstić information content (AvgIpc) is 2.54. The molecule has 24 heavy (non-hydrogen) atoms. The molecule has 0 heterocycles. The minimum absolute atomic E-state index is 0.176. The highest BCUT2D eigenvalue weighted by atomic mass is 16.1. The van der Waals surface area contributed by atoms with E-state index in [0.717, 1.165) is 12.8 Å². The number of fused-ring (bicyclic) bond motifs is 3. The first-order chi connectivity index (χ1) is 11.3. The number of rotatable bonds is 3. The molecule has 3 rings (SSSR count). The van der Waals surface area contributed by atoms with Crippen LogP contribution in [0.4, 0.5) is 0 Å². The van der Waals surface area contributed by atoms with Gasteiger partial charge in [-0.3, -0.25) is 4.79 Å². The fourth-order valence-electron chi connectivity index (χ4n) is 6.25. The van der Waals surface area contributed by atoms with Gasteiger partial charge >= 0.3 is 0 Å². The summed E-state index contributed by atoms with van der Waals surface area (Å²) in [6.07, 6.45) is 16.7. The van der Waals surface area contributed by atoms with Crippen LogP contribution in [-0.4, -0.2) is 5.78 Å². The number of allylic oxidation sites excluding steroid dienone is 5. The lowest BCUT2D eigenvalue weighted by molar-refractivity contribution is -0.134. The molecular weight excluding hydrogens is 292 g/mol. The van der Waals surface area contributed by atoms with E-state index < -0.39 is 0 Å². The molecule has 0 saturated heterocycles. The van der Waals surface area contributed by atoms with Gasteiger partial charge in [-0.25, -0.2) is 0 Å². The lowest BCUT2D eigenvalue weighted by Crippen LogP contribution is -2.52. The van der Waals surface area contributed by atoms with Crippen LogP contribution in [0.25, 0.3) is 0 Å². The van der Waals surface area contributed by atoms with Crippen molar-refractivity contribution in [2.24, 2.45) is 28.1 Å². The molecule has 2 fully saturated rings. The summed E-state index contributed by atoms with van der Waals surface area (Å²) in [4.78, 5) is 12.9. The smallest absolute Gasteiger partial charge is 0.161 e. The van der Waals surface area contributed by atoms with Crippen LogP contribution in [0.5, 0.6) is 0 Å². The third-order valence-electron chi connectivity index (χ3n) is 7.71. The minimum Gasteiger partial charge on any atom is -0.294 e. The molecule has 3 aliphatic carbocycles. The summed E-state index contributed by atoms with van der Waals surface area (Å²) in [6.45, 7) is 13.1. The Balaban J connectivity index is 1.98.